The predicted octanol–water partition coefficient (Wildman–Crippen LogP) is 4.35. The van der Waals surface area contributed by atoms with Crippen molar-refractivity contribution in [2.45, 2.75) is 0 Å². The second-order valence-electron chi connectivity index (χ2n) is 5.02. The topological polar surface area (TPSA) is 50.2 Å². The summed E-state index contributed by atoms with van der Waals surface area (Å²) in [5, 5.41) is 9.75. The van der Waals surface area contributed by atoms with Crippen LogP contribution in [0.3, 0.4) is 0 Å². The molecule has 3 rings (SSSR count). The lowest BCUT2D eigenvalue weighted by Gasteiger charge is -2.05. The number of aromatic nitrogens is 1. The first-order valence-corrected chi connectivity index (χ1v) is 7.26. The van der Waals surface area contributed by atoms with Crippen LogP contribution < -0.4 is 0 Å². The number of phenolic OH excluding ortho intramolecular Hbond substituents is 1. The molecule has 0 aliphatic heterocycles. The number of carbonyl (C=O) groups excluding carboxylic acids is 1. The molecular weight excluding hydrogens is 286 g/mol. The number of nitrogens with zero attached hydrogens (tertiary/aromatic N) is 1. The van der Waals surface area contributed by atoms with Gasteiger partial charge in [-0.2, -0.15) is 0 Å². The average molecular weight is 301 g/mol. The maximum atomic E-state index is 12.2. The molecule has 112 valence electrons. The number of allylic oxidation sites excluding steroid dienone is 1. The summed E-state index contributed by atoms with van der Waals surface area (Å²) >= 11 is 0. The van der Waals surface area contributed by atoms with Gasteiger partial charge in [-0.15, -0.1) is 0 Å². The number of hydrogen-bond acceptors (Lipinski definition) is 3. The van der Waals surface area contributed by atoms with E-state index in [4.69, 9.17) is 0 Å². The number of phenols is 1. The molecule has 0 saturated heterocycles. The van der Waals surface area contributed by atoms with Crippen molar-refractivity contribution in [2.75, 3.05) is 0 Å². The highest BCUT2D eigenvalue weighted by molar-refractivity contribution is 6.08. The highest BCUT2D eigenvalue weighted by atomic mass is 16.3. The summed E-state index contributed by atoms with van der Waals surface area (Å²) in [5.41, 5.74) is 2.99. The third kappa shape index (κ3) is 3.35. The fourth-order valence-electron chi connectivity index (χ4n) is 2.33. The smallest absolute Gasteiger partial charge is 0.189 e. The van der Waals surface area contributed by atoms with E-state index in [1.165, 1.54) is 12.1 Å². The van der Waals surface area contributed by atoms with E-state index in [0.717, 1.165) is 16.8 Å². The highest BCUT2D eigenvalue weighted by Crippen LogP contribution is 2.23. The monoisotopic (exact) mass is 301 g/mol. The second kappa shape index (κ2) is 6.71. The van der Waals surface area contributed by atoms with Crippen LogP contribution in [0.4, 0.5) is 0 Å². The van der Waals surface area contributed by atoms with Gasteiger partial charge in [0.2, 0.25) is 0 Å². The van der Waals surface area contributed by atoms with Crippen LogP contribution in [-0.2, 0) is 0 Å². The largest absolute Gasteiger partial charge is 0.507 e. The van der Waals surface area contributed by atoms with Crippen LogP contribution in [0, 0.1) is 0 Å². The Balaban J connectivity index is 1.92. The molecule has 1 aromatic heterocycles. The number of rotatable bonds is 4. The molecule has 0 aliphatic carbocycles. The van der Waals surface area contributed by atoms with Gasteiger partial charge in [0, 0.05) is 11.8 Å². The zero-order valence-corrected chi connectivity index (χ0v) is 12.4. The molecule has 23 heavy (non-hydrogen) atoms. The van der Waals surface area contributed by atoms with Crippen LogP contribution >= 0.6 is 0 Å². The number of benzene rings is 2. The predicted molar refractivity (Wildman–Crippen MR) is 91.1 cm³/mol. The van der Waals surface area contributed by atoms with Crippen molar-refractivity contribution in [1.29, 1.82) is 0 Å². The molecule has 1 heterocycles. The van der Waals surface area contributed by atoms with Gasteiger partial charge in [-0.25, -0.2) is 0 Å². The maximum Gasteiger partial charge on any atom is 0.189 e. The zero-order valence-electron chi connectivity index (χ0n) is 12.4. The van der Waals surface area contributed by atoms with Gasteiger partial charge in [0.05, 0.1) is 11.3 Å². The van der Waals surface area contributed by atoms with Crippen molar-refractivity contribution < 1.29 is 9.90 Å². The molecule has 0 spiro atoms. The van der Waals surface area contributed by atoms with E-state index in [1.54, 1.807) is 30.5 Å². The Bertz CT molecular complexity index is 854. The third-order valence-corrected chi connectivity index (χ3v) is 3.49. The molecule has 2 aromatic carbocycles. The van der Waals surface area contributed by atoms with Gasteiger partial charge in [0.15, 0.2) is 5.78 Å². The standard InChI is InChI=1S/C20H15NO2/c22-19-11-4-3-9-17(19)20(23)13-12-15-7-1-2-8-16(15)18-10-5-6-14-21-18/h1-14,22H/b13-12+. The van der Waals surface area contributed by atoms with E-state index in [2.05, 4.69) is 4.98 Å². The molecule has 3 aromatic rings. The molecule has 0 amide bonds. The van der Waals surface area contributed by atoms with E-state index in [-0.39, 0.29) is 11.5 Å². The lowest BCUT2D eigenvalue weighted by Crippen LogP contribution is -1.94. The third-order valence-electron chi connectivity index (χ3n) is 3.49. The first-order chi connectivity index (χ1) is 11.3. The first-order valence-electron chi connectivity index (χ1n) is 7.26. The number of pyridine rings is 1. The molecule has 3 nitrogen and oxygen atoms in total. The quantitative estimate of drug-likeness (QED) is 0.575. The molecule has 0 saturated carbocycles. The molecule has 3 heteroatoms. The zero-order chi connectivity index (χ0) is 16.1. The van der Waals surface area contributed by atoms with Gasteiger partial charge in [0.1, 0.15) is 5.75 Å². The normalized spacial score (nSPS) is 10.8. The second-order valence-corrected chi connectivity index (χ2v) is 5.02. The van der Waals surface area contributed by atoms with E-state index in [9.17, 15) is 9.90 Å². The van der Waals surface area contributed by atoms with Crippen LogP contribution in [0.25, 0.3) is 17.3 Å². The van der Waals surface area contributed by atoms with Crippen LogP contribution in [0.15, 0.2) is 79.0 Å². The van der Waals surface area contributed by atoms with Crippen LogP contribution in [0.5, 0.6) is 5.75 Å². The Morgan fingerprint density at radius 2 is 1.65 bits per heavy atom. The van der Waals surface area contributed by atoms with E-state index in [0.29, 0.717) is 5.56 Å². The summed E-state index contributed by atoms with van der Waals surface area (Å²) in [6, 6.07) is 20.0. The summed E-state index contributed by atoms with van der Waals surface area (Å²) in [6.07, 6.45) is 4.96. The van der Waals surface area contributed by atoms with Gasteiger partial charge in [0.25, 0.3) is 0 Å². The molecule has 0 fully saturated rings. The summed E-state index contributed by atoms with van der Waals surface area (Å²) in [4.78, 5) is 16.6. The van der Waals surface area contributed by atoms with Gasteiger partial charge in [-0.05, 0) is 35.9 Å². The Hall–Kier alpha value is -3.20. The SMILES string of the molecule is O=C(/C=C/c1ccccc1-c1ccccn1)c1ccccc1O. The summed E-state index contributed by atoms with van der Waals surface area (Å²) in [6.45, 7) is 0. The van der Waals surface area contributed by atoms with Crippen LogP contribution in [-0.4, -0.2) is 15.9 Å². The van der Waals surface area contributed by atoms with Crippen molar-refractivity contribution in [3.8, 4) is 17.0 Å². The summed E-state index contributed by atoms with van der Waals surface area (Å²) < 4.78 is 0. The summed E-state index contributed by atoms with van der Waals surface area (Å²) in [7, 11) is 0. The number of ketones is 1. The van der Waals surface area contributed by atoms with Gasteiger partial charge < -0.3 is 5.11 Å². The number of para-hydroxylation sites is 1. The van der Waals surface area contributed by atoms with Crippen LogP contribution in [0.2, 0.25) is 0 Å². The minimum Gasteiger partial charge on any atom is -0.507 e. The van der Waals surface area contributed by atoms with E-state index >= 15 is 0 Å². The number of aromatic hydroxyl groups is 1. The van der Waals surface area contributed by atoms with Gasteiger partial charge in [-0.1, -0.05) is 48.5 Å². The van der Waals surface area contributed by atoms with Crippen LogP contribution in [0.1, 0.15) is 15.9 Å². The molecule has 1 N–H and O–H groups in total. The van der Waals surface area contributed by atoms with E-state index < -0.39 is 0 Å². The Morgan fingerprint density at radius 3 is 2.43 bits per heavy atom. The maximum absolute atomic E-state index is 12.2. The lowest BCUT2D eigenvalue weighted by molar-refractivity contribution is 0.104. The molecular formula is C20H15NO2. The highest BCUT2D eigenvalue weighted by Gasteiger charge is 2.08. The Labute approximate surface area is 134 Å². The molecule has 0 unspecified atom stereocenters. The minimum absolute atomic E-state index is 0.0137. The number of carbonyl (C=O) groups is 1. The summed E-state index contributed by atoms with van der Waals surface area (Å²) in [5.74, 6) is -0.251. The molecule has 0 atom stereocenters. The molecule has 0 aliphatic rings. The van der Waals surface area contributed by atoms with E-state index in [1.807, 2.05) is 42.5 Å². The Kier molecular flexibility index (Phi) is 4.29. The minimum atomic E-state index is -0.237. The fourth-order valence-corrected chi connectivity index (χ4v) is 2.33. The Morgan fingerprint density at radius 1 is 0.913 bits per heavy atom. The van der Waals surface area contributed by atoms with Crippen molar-refractivity contribution in [1.82, 2.24) is 4.98 Å². The number of hydrogen-bond donors (Lipinski definition) is 1. The first kappa shape index (κ1) is 14.7. The van der Waals surface area contributed by atoms with Crippen molar-refractivity contribution in [2.24, 2.45) is 0 Å². The molecule has 0 radical (unpaired) electrons. The molecule has 0 bridgehead atoms. The lowest BCUT2D eigenvalue weighted by atomic mass is 10.0. The van der Waals surface area contributed by atoms with Crippen molar-refractivity contribution >= 4 is 11.9 Å². The van der Waals surface area contributed by atoms with Crippen molar-refractivity contribution in [3.63, 3.8) is 0 Å². The fraction of sp³-hybridized carbons (Fsp3) is 0. The van der Waals surface area contributed by atoms with Gasteiger partial charge >= 0.3 is 0 Å². The van der Waals surface area contributed by atoms with Gasteiger partial charge in [-0.3, -0.25) is 9.78 Å². The van der Waals surface area contributed by atoms with Crippen molar-refractivity contribution in [3.05, 3.63) is 90.1 Å². The average Bonchev–Trinajstić information content (AvgIpc) is 2.61.